The molecule has 8 heteroatoms. The molecule has 0 saturated heterocycles. The van der Waals surface area contributed by atoms with Gasteiger partial charge in [-0.2, -0.15) is 5.10 Å². The van der Waals surface area contributed by atoms with Crippen LogP contribution < -0.4 is 5.56 Å². The molecule has 0 aliphatic heterocycles. The van der Waals surface area contributed by atoms with Gasteiger partial charge in [-0.15, -0.1) is 0 Å². The van der Waals surface area contributed by atoms with Crippen molar-refractivity contribution in [1.29, 1.82) is 0 Å². The van der Waals surface area contributed by atoms with E-state index < -0.39 is 0 Å². The second kappa shape index (κ2) is 7.40. The van der Waals surface area contributed by atoms with Crippen LogP contribution in [0.1, 0.15) is 0 Å². The van der Waals surface area contributed by atoms with Gasteiger partial charge in [0.1, 0.15) is 5.39 Å². The van der Waals surface area contributed by atoms with Gasteiger partial charge in [0.15, 0.2) is 10.8 Å². The number of hydrogen-bond donors (Lipinski definition) is 2. The zero-order valence-electron chi connectivity index (χ0n) is 12.3. The quantitative estimate of drug-likeness (QED) is 0.384. The van der Waals surface area contributed by atoms with Crippen molar-refractivity contribution in [2.45, 2.75) is 5.16 Å². The third-order valence-electron chi connectivity index (χ3n) is 3.12. The number of aromatic amines is 1. The molecule has 0 amide bonds. The summed E-state index contributed by atoms with van der Waals surface area (Å²) in [4.78, 5) is 19.4. The number of hydrogen-bond acceptors (Lipinski definition) is 6. The third-order valence-corrected chi connectivity index (χ3v) is 3.96. The average Bonchev–Trinajstić information content (AvgIpc) is 3.00. The number of para-hydroxylation sites is 1. The first kappa shape index (κ1) is 15.7. The van der Waals surface area contributed by atoms with E-state index in [9.17, 15) is 4.79 Å². The van der Waals surface area contributed by atoms with Crippen LogP contribution in [-0.2, 0) is 4.74 Å². The van der Waals surface area contributed by atoms with Crippen molar-refractivity contribution in [3.63, 3.8) is 0 Å². The molecule has 3 aromatic rings. The Bertz CT molecular complexity index is 832. The van der Waals surface area contributed by atoms with Gasteiger partial charge in [0, 0.05) is 5.75 Å². The maximum absolute atomic E-state index is 12.2. The van der Waals surface area contributed by atoms with Crippen LogP contribution in [0, 0.1) is 0 Å². The predicted molar refractivity (Wildman–Crippen MR) is 88.1 cm³/mol. The standard InChI is InChI=1S/C15H16N4O3S/c20-6-7-22-8-9-23-15-17-13-12(14(21)18-15)10-16-19(13)11-4-2-1-3-5-11/h1-5,10,20H,6-9H2,(H,17,18,21). The van der Waals surface area contributed by atoms with E-state index in [1.165, 1.54) is 18.0 Å². The highest BCUT2D eigenvalue weighted by Crippen LogP contribution is 2.17. The fourth-order valence-electron chi connectivity index (χ4n) is 2.09. The minimum atomic E-state index is -0.212. The van der Waals surface area contributed by atoms with Gasteiger partial charge in [-0.25, -0.2) is 9.67 Å². The van der Waals surface area contributed by atoms with Gasteiger partial charge in [0.05, 0.1) is 31.7 Å². The molecule has 0 bridgehead atoms. The summed E-state index contributed by atoms with van der Waals surface area (Å²) in [6.45, 7) is 0.789. The number of nitrogens with one attached hydrogen (secondary N) is 1. The first-order valence-corrected chi connectivity index (χ1v) is 8.13. The molecule has 2 N–H and O–H groups in total. The van der Waals surface area contributed by atoms with Crippen LogP contribution >= 0.6 is 11.8 Å². The molecule has 0 unspecified atom stereocenters. The molecule has 0 atom stereocenters. The summed E-state index contributed by atoms with van der Waals surface area (Å²) in [6.07, 6.45) is 1.52. The maximum atomic E-state index is 12.2. The highest BCUT2D eigenvalue weighted by Gasteiger charge is 2.11. The van der Waals surface area contributed by atoms with Crippen molar-refractivity contribution in [3.8, 4) is 5.69 Å². The molecule has 0 aliphatic rings. The van der Waals surface area contributed by atoms with Crippen LogP contribution in [0.25, 0.3) is 16.7 Å². The van der Waals surface area contributed by atoms with Gasteiger partial charge < -0.3 is 14.8 Å². The number of thioether (sulfide) groups is 1. The maximum Gasteiger partial charge on any atom is 0.262 e. The Hall–Kier alpha value is -2.16. The van der Waals surface area contributed by atoms with Gasteiger partial charge in [0.2, 0.25) is 0 Å². The molecule has 0 saturated carbocycles. The molecular weight excluding hydrogens is 316 g/mol. The highest BCUT2D eigenvalue weighted by atomic mass is 32.2. The molecule has 23 heavy (non-hydrogen) atoms. The Kier molecular flexibility index (Phi) is 5.06. The molecule has 0 aliphatic carbocycles. The van der Waals surface area contributed by atoms with Crippen molar-refractivity contribution in [3.05, 3.63) is 46.9 Å². The Labute approximate surface area is 136 Å². The number of fused-ring (bicyclic) bond motifs is 1. The van der Waals surface area contributed by atoms with Gasteiger partial charge in [-0.1, -0.05) is 30.0 Å². The van der Waals surface area contributed by atoms with Crippen molar-refractivity contribution >= 4 is 22.8 Å². The number of H-pyrrole nitrogens is 1. The summed E-state index contributed by atoms with van der Waals surface area (Å²) in [5.41, 5.74) is 1.16. The fraction of sp³-hybridized carbons (Fsp3) is 0.267. The van der Waals surface area contributed by atoms with Crippen molar-refractivity contribution < 1.29 is 9.84 Å². The molecular formula is C15H16N4O3S. The monoisotopic (exact) mass is 332 g/mol. The fourth-order valence-corrected chi connectivity index (χ4v) is 2.80. The van der Waals surface area contributed by atoms with E-state index in [0.717, 1.165) is 5.69 Å². The summed E-state index contributed by atoms with van der Waals surface area (Å²) < 4.78 is 6.84. The van der Waals surface area contributed by atoms with E-state index >= 15 is 0 Å². The summed E-state index contributed by atoms with van der Waals surface area (Å²) >= 11 is 1.39. The minimum absolute atomic E-state index is 0.00195. The molecule has 3 rings (SSSR count). The molecule has 2 heterocycles. The third kappa shape index (κ3) is 3.61. The topological polar surface area (TPSA) is 93.0 Å². The lowest BCUT2D eigenvalue weighted by Gasteiger charge is -2.04. The predicted octanol–water partition coefficient (Wildman–Crippen LogP) is 1.21. The number of aromatic nitrogens is 4. The first-order chi connectivity index (χ1) is 11.3. The van der Waals surface area contributed by atoms with Crippen LogP contribution in [0.15, 0.2) is 46.5 Å². The molecule has 0 radical (unpaired) electrons. The van der Waals surface area contributed by atoms with Crippen molar-refractivity contribution in [2.75, 3.05) is 25.6 Å². The summed E-state index contributed by atoms with van der Waals surface area (Å²) in [7, 11) is 0. The summed E-state index contributed by atoms with van der Waals surface area (Å²) in [5, 5.41) is 13.9. The van der Waals surface area contributed by atoms with E-state index in [1.54, 1.807) is 4.68 Å². The molecule has 1 aromatic carbocycles. The molecule has 2 aromatic heterocycles. The Morgan fingerprint density at radius 2 is 2.09 bits per heavy atom. The number of rotatable bonds is 7. The van der Waals surface area contributed by atoms with E-state index in [1.807, 2.05) is 30.3 Å². The van der Waals surface area contributed by atoms with Gasteiger partial charge in [0.25, 0.3) is 5.56 Å². The average molecular weight is 332 g/mol. The number of aliphatic hydroxyl groups is 1. The van der Waals surface area contributed by atoms with Crippen LogP contribution in [0.2, 0.25) is 0 Å². The smallest absolute Gasteiger partial charge is 0.262 e. The van der Waals surface area contributed by atoms with Crippen molar-refractivity contribution in [1.82, 2.24) is 19.7 Å². The highest BCUT2D eigenvalue weighted by molar-refractivity contribution is 7.99. The first-order valence-electron chi connectivity index (χ1n) is 7.14. The number of ether oxygens (including phenoxy) is 1. The van der Waals surface area contributed by atoms with Crippen LogP contribution in [0.5, 0.6) is 0 Å². The summed E-state index contributed by atoms with van der Waals surface area (Å²) in [5.74, 6) is 0.633. The molecule has 0 fully saturated rings. The number of benzene rings is 1. The number of nitrogens with zero attached hydrogens (tertiary/aromatic N) is 3. The van der Waals surface area contributed by atoms with Gasteiger partial charge in [-0.05, 0) is 12.1 Å². The van der Waals surface area contributed by atoms with Gasteiger partial charge >= 0.3 is 0 Å². The number of aliphatic hydroxyl groups excluding tert-OH is 1. The molecule has 7 nitrogen and oxygen atoms in total. The largest absolute Gasteiger partial charge is 0.394 e. The van der Waals surface area contributed by atoms with E-state index in [0.29, 0.717) is 35.2 Å². The second-order valence-corrected chi connectivity index (χ2v) is 5.77. The van der Waals surface area contributed by atoms with E-state index in [2.05, 4.69) is 15.1 Å². The molecule has 120 valence electrons. The Morgan fingerprint density at radius 3 is 2.87 bits per heavy atom. The summed E-state index contributed by atoms with van der Waals surface area (Å²) in [6, 6.07) is 9.55. The Morgan fingerprint density at radius 1 is 1.26 bits per heavy atom. The Balaban J connectivity index is 1.86. The zero-order chi connectivity index (χ0) is 16.1. The lowest BCUT2D eigenvalue weighted by molar-refractivity contribution is 0.103. The molecule has 0 spiro atoms. The van der Waals surface area contributed by atoms with Crippen LogP contribution in [0.4, 0.5) is 0 Å². The SMILES string of the molecule is O=c1[nH]c(SCCOCCO)nc2c1cnn2-c1ccccc1. The second-order valence-electron chi connectivity index (χ2n) is 4.68. The van der Waals surface area contributed by atoms with Gasteiger partial charge in [-0.3, -0.25) is 4.79 Å². The lowest BCUT2D eigenvalue weighted by Crippen LogP contribution is -2.10. The van der Waals surface area contributed by atoms with E-state index in [4.69, 9.17) is 9.84 Å². The zero-order valence-corrected chi connectivity index (χ0v) is 13.1. The minimum Gasteiger partial charge on any atom is -0.394 e. The lowest BCUT2D eigenvalue weighted by atomic mass is 10.3. The van der Waals surface area contributed by atoms with E-state index in [-0.39, 0.29) is 12.2 Å². The van der Waals surface area contributed by atoms with Crippen LogP contribution in [0.3, 0.4) is 0 Å². The van der Waals surface area contributed by atoms with Crippen LogP contribution in [-0.4, -0.2) is 50.4 Å². The van der Waals surface area contributed by atoms with Crippen molar-refractivity contribution in [2.24, 2.45) is 0 Å². The normalized spacial score (nSPS) is 11.2.